The third-order valence-electron chi connectivity index (χ3n) is 6.63. The van der Waals surface area contributed by atoms with E-state index >= 15 is 0 Å². The van der Waals surface area contributed by atoms with E-state index in [2.05, 4.69) is 73.0 Å². The Bertz CT molecular complexity index is 573. The highest BCUT2D eigenvalue weighted by atomic mass is 28.4. The number of aliphatic hydroxyl groups is 2. The Morgan fingerprint density at radius 3 is 1.50 bits per heavy atom. The Morgan fingerprint density at radius 2 is 1.22 bits per heavy atom. The molecule has 0 spiro atoms. The van der Waals surface area contributed by atoms with Crippen molar-refractivity contribution in [3.05, 3.63) is 0 Å². The van der Waals surface area contributed by atoms with Crippen LogP contribution in [0.5, 0.6) is 0 Å². The van der Waals surface area contributed by atoms with Gasteiger partial charge in [0.1, 0.15) is 5.60 Å². The van der Waals surface area contributed by atoms with E-state index < -0.39 is 46.6 Å². The van der Waals surface area contributed by atoms with Crippen molar-refractivity contribution in [3.63, 3.8) is 0 Å². The molecule has 7 nitrogen and oxygen atoms in total. The molecule has 0 aromatic heterocycles. The third kappa shape index (κ3) is 10.2. The summed E-state index contributed by atoms with van der Waals surface area (Å²) < 4.78 is 18.5. The summed E-state index contributed by atoms with van der Waals surface area (Å²) in [7, 11) is -4.33. The number of carbonyl (C=O) groups excluding carboxylic acids is 1. The van der Waals surface area contributed by atoms with Gasteiger partial charge in [0.25, 0.3) is 0 Å². The summed E-state index contributed by atoms with van der Waals surface area (Å²) in [5, 5.41) is 22.9. The molecule has 0 radical (unpaired) electrons. The highest BCUT2D eigenvalue weighted by Crippen LogP contribution is 2.39. The van der Waals surface area contributed by atoms with E-state index in [4.69, 9.17) is 13.6 Å². The standard InChI is InChI=1S/C23H51NO6Si2/c1-20(2,3)30-19(27)24-23(14-18(26)15-25,16-28-31(10,11)21(4,5)6)17-29-32(12,13)22(7,8)9/h18,25-26H,14-17H2,1-13H3,(H,24,27). The van der Waals surface area contributed by atoms with Gasteiger partial charge in [-0.15, -0.1) is 0 Å². The van der Waals surface area contributed by atoms with Crippen LogP contribution in [0.1, 0.15) is 68.7 Å². The molecule has 0 fully saturated rings. The second kappa shape index (κ2) is 10.9. The number of ether oxygens (including phenoxy) is 1. The Hall–Kier alpha value is -0.456. The minimum absolute atomic E-state index is 0.0272. The molecule has 0 saturated carbocycles. The molecule has 0 heterocycles. The first-order valence-corrected chi connectivity index (χ1v) is 17.4. The maximum Gasteiger partial charge on any atom is 0.408 e. The lowest BCUT2D eigenvalue weighted by Gasteiger charge is -2.44. The van der Waals surface area contributed by atoms with Crippen LogP contribution in [0.15, 0.2) is 0 Å². The molecule has 0 saturated heterocycles. The minimum atomic E-state index is -2.17. The van der Waals surface area contributed by atoms with Crippen molar-refractivity contribution in [1.82, 2.24) is 5.32 Å². The molecule has 0 aliphatic heterocycles. The highest BCUT2D eigenvalue weighted by Gasteiger charge is 2.45. The van der Waals surface area contributed by atoms with Crippen LogP contribution in [0.2, 0.25) is 36.3 Å². The van der Waals surface area contributed by atoms with Crippen LogP contribution in [-0.2, 0) is 13.6 Å². The highest BCUT2D eigenvalue weighted by molar-refractivity contribution is 6.74. The first kappa shape index (κ1) is 31.5. The van der Waals surface area contributed by atoms with Gasteiger partial charge in [-0.25, -0.2) is 4.79 Å². The average molecular weight is 494 g/mol. The lowest BCUT2D eigenvalue weighted by molar-refractivity contribution is 0.00568. The van der Waals surface area contributed by atoms with E-state index in [1.165, 1.54) is 0 Å². The van der Waals surface area contributed by atoms with Crippen molar-refractivity contribution >= 4 is 22.7 Å². The summed E-state index contributed by atoms with van der Waals surface area (Å²) in [6, 6.07) is 0. The number of hydrogen-bond donors (Lipinski definition) is 3. The van der Waals surface area contributed by atoms with Crippen LogP contribution in [0, 0.1) is 0 Å². The molecule has 0 bridgehead atoms. The Morgan fingerprint density at radius 1 is 0.844 bits per heavy atom. The number of amides is 1. The summed E-state index contributed by atoms with van der Waals surface area (Å²) in [6.45, 7) is 26.8. The van der Waals surface area contributed by atoms with Crippen LogP contribution < -0.4 is 5.32 Å². The fourth-order valence-electron chi connectivity index (χ4n) is 2.39. The van der Waals surface area contributed by atoms with Gasteiger partial charge in [0.2, 0.25) is 0 Å². The van der Waals surface area contributed by atoms with Gasteiger partial charge in [-0.05, 0) is 57.0 Å². The zero-order valence-electron chi connectivity index (χ0n) is 22.9. The average Bonchev–Trinajstić information content (AvgIpc) is 2.54. The number of aliphatic hydroxyl groups excluding tert-OH is 2. The number of nitrogens with one attached hydrogen (secondary N) is 1. The molecule has 3 N–H and O–H groups in total. The molecule has 1 unspecified atom stereocenters. The summed E-state index contributed by atoms with van der Waals surface area (Å²) in [6.07, 6.45) is -1.54. The second-order valence-corrected chi connectivity index (χ2v) is 22.7. The molecule has 192 valence electrons. The van der Waals surface area contributed by atoms with E-state index in [1.807, 2.05) is 0 Å². The second-order valence-electron chi connectivity index (χ2n) is 13.0. The topological polar surface area (TPSA) is 97.3 Å². The van der Waals surface area contributed by atoms with E-state index in [9.17, 15) is 15.0 Å². The van der Waals surface area contributed by atoms with E-state index in [-0.39, 0.29) is 29.7 Å². The predicted octanol–water partition coefficient (Wildman–Crippen LogP) is 5.04. The lowest BCUT2D eigenvalue weighted by atomic mass is 9.94. The van der Waals surface area contributed by atoms with E-state index in [1.54, 1.807) is 20.8 Å². The summed E-state index contributed by atoms with van der Waals surface area (Å²) >= 11 is 0. The fourth-order valence-corrected chi connectivity index (χ4v) is 4.53. The van der Waals surface area contributed by atoms with Gasteiger partial charge < -0.3 is 29.1 Å². The van der Waals surface area contributed by atoms with Crippen LogP contribution in [0.3, 0.4) is 0 Å². The summed E-state index contributed by atoms with van der Waals surface area (Å²) in [5.41, 5.74) is -1.72. The summed E-state index contributed by atoms with van der Waals surface area (Å²) in [4.78, 5) is 12.8. The normalized spacial score (nSPS) is 15.5. The minimum Gasteiger partial charge on any atom is -0.444 e. The van der Waals surface area contributed by atoms with Gasteiger partial charge in [-0.1, -0.05) is 41.5 Å². The molecule has 0 aromatic carbocycles. The third-order valence-corrected chi connectivity index (χ3v) is 15.6. The molecule has 0 rings (SSSR count). The van der Waals surface area contributed by atoms with Crippen molar-refractivity contribution in [2.24, 2.45) is 0 Å². The quantitative estimate of drug-likeness (QED) is 0.369. The van der Waals surface area contributed by atoms with Crippen LogP contribution in [0.4, 0.5) is 4.79 Å². The monoisotopic (exact) mass is 493 g/mol. The molecular weight excluding hydrogens is 442 g/mol. The largest absolute Gasteiger partial charge is 0.444 e. The molecule has 9 heteroatoms. The SMILES string of the molecule is CC(C)(C)OC(=O)NC(CO[Si](C)(C)C(C)(C)C)(CO[Si](C)(C)C(C)(C)C)CC(O)CO. The molecule has 0 aliphatic rings. The molecule has 1 atom stereocenters. The van der Waals surface area contributed by atoms with Crippen LogP contribution >= 0.6 is 0 Å². The fraction of sp³-hybridized carbons (Fsp3) is 0.957. The maximum absolute atomic E-state index is 12.8. The Kier molecular flexibility index (Phi) is 10.7. The molecule has 32 heavy (non-hydrogen) atoms. The Labute approximate surface area is 198 Å². The van der Waals surface area contributed by atoms with Crippen molar-refractivity contribution in [2.75, 3.05) is 19.8 Å². The zero-order valence-corrected chi connectivity index (χ0v) is 24.9. The maximum atomic E-state index is 12.8. The lowest BCUT2D eigenvalue weighted by Crippen LogP contribution is -2.61. The molecular formula is C23H51NO6Si2. The van der Waals surface area contributed by atoms with Crippen LogP contribution in [-0.4, -0.2) is 70.0 Å². The van der Waals surface area contributed by atoms with Crippen LogP contribution in [0.25, 0.3) is 0 Å². The molecule has 1 amide bonds. The van der Waals surface area contributed by atoms with Crippen molar-refractivity contribution in [1.29, 1.82) is 0 Å². The zero-order chi connectivity index (χ0) is 25.8. The predicted molar refractivity (Wildman–Crippen MR) is 136 cm³/mol. The molecule has 0 aliphatic carbocycles. The number of carbonyl (C=O) groups is 1. The van der Waals surface area contributed by atoms with E-state index in [0.717, 1.165) is 0 Å². The molecule has 0 aromatic rings. The van der Waals surface area contributed by atoms with Gasteiger partial charge in [-0.3, -0.25) is 0 Å². The van der Waals surface area contributed by atoms with E-state index in [0.29, 0.717) is 0 Å². The van der Waals surface area contributed by atoms with Gasteiger partial charge >= 0.3 is 6.09 Å². The Balaban J connectivity index is 6.11. The first-order chi connectivity index (χ1) is 14.0. The van der Waals surface area contributed by atoms with Gasteiger partial charge in [0.15, 0.2) is 16.6 Å². The summed E-state index contributed by atoms with van der Waals surface area (Å²) in [5.74, 6) is 0. The number of hydrogen-bond acceptors (Lipinski definition) is 6. The van der Waals surface area contributed by atoms with Gasteiger partial charge in [0, 0.05) is 6.42 Å². The number of alkyl carbamates (subject to hydrolysis) is 1. The van der Waals surface area contributed by atoms with Gasteiger partial charge in [-0.2, -0.15) is 0 Å². The smallest absolute Gasteiger partial charge is 0.408 e. The first-order valence-electron chi connectivity index (χ1n) is 11.5. The number of rotatable bonds is 10. The van der Waals surface area contributed by atoms with Gasteiger partial charge in [0.05, 0.1) is 31.5 Å². The van der Waals surface area contributed by atoms with Crippen molar-refractivity contribution in [2.45, 2.75) is 122 Å². The van der Waals surface area contributed by atoms with Crippen molar-refractivity contribution in [3.8, 4) is 0 Å². The van der Waals surface area contributed by atoms with Crippen molar-refractivity contribution < 1.29 is 28.6 Å².